The molecule has 1 aliphatic heterocycles. The number of aliphatic hydroxyl groups is 1. The van der Waals surface area contributed by atoms with Crippen LogP contribution in [0.15, 0.2) is 78.5 Å². The molecule has 0 unspecified atom stereocenters. The number of likely N-dealkylation sites (tertiary alicyclic amines) is 1. The molecule has 2 heterocycles. The number of aliphatic hydroxyl groups excluding tert-OH is 1. The summed E-state index contributed by atoms with van der Waals surface area (Å²) in [5.74, 6) is -1.51. The second-order valence-corrected chi connectivity index (χ2v) is 8.87. The predicted octanol–water partition coefficient (Wildman–Crippen LogP) is 4.45. The highest BCUT2D eigenvalue weighted by Crippen LogP contribution is 2.40. The van der Waals surface area contributed by atoms with Crippen LogP contribution in [0.5, 0.6) is 11.5 Å². The molecule has 38 heavy (non-hydrogen) atoms. The maximum absolute atomic E-state index is 13.2. The Balaban J connectivity index is 1.55. The Hall–Kier alpha value is -5.12. The van der Waals surface area contributed by atoms with Crippen molar-refractivity contribution in [2.75, 3.05) is 13.7 Å². The van der Waals surface area contributed by atoms with Gasteiger partial charge in [0.2, 0.25) is 0 Å². The molecule has 10 nitrogen and oxygen atoms in total. The second kappa shape index (κ2) is 9.74. The number of benzene rings is 3. The van der Waals surface area contributed by atoms with E-state index in [0.29, 0.717) is 17.7 Å². The highest BCUT2D eigenvalue weighted by molar-refractivity contribution is 6.46. The van der Waals surface area contributed by atoms with Crippen LogP contribution in [-0.2, 0) is 16.0 Å². The minimum atomic E-state index is -0.975. The number of carbonyl (C=O) groups excluding carboxylic acids is 2. The van der Waals surface area contributed by atoms with Gasteiger partial charge in [0, 0.05) is 41.3 Å². The lowest BCUT2D eigenvalue weighted by Crippen LogP contribution is -2.31. The third-order valence-electron chi connectivity index (χ3n) is 6.67. The van der Waals surface area contributed by atoms with E-state index in [2.05, 4.69) is 4.98 Å². The molecule has 10 heteroatoms. The van der Waals surface area contributed by atoms with Crippen LogP contribution >= 0.6 is 0 Å². The molecule has 1 atom stereocenters. The lowest BCUT2D eigenvalue weighted by Gasteiger charge is -2.25. The Kier molecular flexibility index (Phi) is 6.29. The van der Waals surface area contributed by atoms with Gasteiger partial charge in [0.1, 0.15) is 17.3 Å². The number of aromatic hydroxyl groups is 1. The zero-order valence-corrected chi connectivity index (χ0v) is 20.2. The molecule has 3 N–H and O–H groups in total. The fraction of sp³-hybridized carbons (Fsp3) is 0.143. The number of ketones is 1. The number of nitrogens with zero attached hydrogens (tertiary/aromatic N) is 2. The van der Waals surface area contributed by atoms with Crippen molar-refractivity contribution in [1.82, 2.24) is 9.88 Å². The largest absolute Gasteiger partial charge is 0.508 e. The predicted molar refractivity (Wildman–Crippen MR) is 139 cm³/mol. The first-order valence-electron chi connectivity index (χ1n) is 11.7. The minimum Gasteiger partial charge on any atom is -0.508 e. The molecule has 192 valence electrons. The molecule has 1 saturated heterocycles. The van der Waals surface area contributed by atoms with E-state index in [1.54, 1.807) is 19.2 Å². The van der Waals surface area contributed by atoms with E-state index in [4.69, 9.17) is 4.74 Å². The fourth-order valence-electron chi connectivity index (χ4n) is 4.78. The number of hydrogen-bond donors (Lipinski definition) is 3. The summed E-state index contributed by atoms with van der Waals surface area (Å²) in [5.41, 5.74) is 2.06. The van der Waals surface area contributed by atoms with Gasteiger partial charge < -0.3 is 24.8 Å². The van der Waals surface area contributed by atoms with Crippen LogP contribution in [0.4, 0.5) is 5.69 Å². The van der Waals surface area contributed by atoms with E-state index in [9.17, 15) is 29.9 Å². The summed E-state index contributed by atoms with van der Waals surface area (Å²) >= 11 is 0. The molecule has 1 aromatic heterocycles. The first-order chi connectivity index (χ1) is 18.3. The number of fused-ring (bicyclic) bond motifs is 1. The molecule has 0 saturated carbocycles. The number of amides is 1. The normalized spacial score (nSPS) is 16.8. The Morgan fingerprint density at radius 3 is 2.55 bits per heavy atom. The number of aromatic nitrogens is 1. The number of hydrogen-bond acceptors (Lipinski definition) is 7. The van der Waals surface area contributed by atoms with E-state index in [-0.39, 0.29) is 29.1 Å². The molecule has 0 aliphatic carbocycles. The molecule has 1 fully saturated rings. The van der Waals surface area contributed by atoms with Crippen molar-refractivity contribution < 1.29 is 29.5 Å². The summed E-state index contributed by atoms with van der Waals surface area (Å²) in [6.07, 6.45) is 2.23. The maximum Gasteiger partial charge on any atom is 0.295 e. The Morgan fingerprint density at radius 2 is 1.87 bits per heavy atom. The third kappa shape index (κ3) is 4.32. The summed E-state index contributed by atoms with van der Waals surface area (Å²) < 4.78 is 5.33. The first kappa shape index (κ1) is 24.6. The maximum atomic E-state index is 13.2. The van der Waals surface area contributed by atoms with E-state index in [1.807, 2.05) is 24.4 Å². The van der Waals surface area contributed by atoms with Crippen molar-refractivity contribution >= 4 is 34.0 Å². The van der Waals surface area contributed by atoms with Gasteiger partial charge in [-0.05, 0) is 60.0 Å². The fourth-order valence-corrected chi connectivity index (χ4v) is 4.78. The van der Waals surface area contributed by atoms with Crippen molar-refractivity contribution in [3.8, 4) is 11.5 Å². The number of methoxy groups -OCH3 is 1. The Labute approximate surface area is 216 Å². The van der Waals surface area contributed by atoms with Crippen LogP contribution in [0.1, 0.15) is 22.7 Å². The van der Waals surface area contributed by atoms with Gasteiger partial charge in [0.05, 0.1) is 23.6 Å². The number of phenolic OH excluding ortho intramolecular Hbond substituents is 1. The lowest BCUT2D eigenvalue weighted by atomic mass is 9.95. The quantitative estimate of drug-likeness (QED) is 0.109. The smallest absolute Gasteiger partial charge is 0.295 e. The van der Waals surface area contributed by atoms with Crippen molar-refractivity contribution in [3.63, 3.8) is 0 Å². The van der Waals surface area contributed by atoms with E-state index in [0.717, 1.165) is 16.5 Å². The van der Waals surface area contributed by atoms with Gasteiger partial charge in [-0.1, -0.05) is 12.1 Å². The molecule has 1 aliphatic rings. The van der Waals surface area contributed by atoms with Gasteiger partial charge in [0.15, 0.2) is 0 Å². The first-order valence-corrected chi connectivity index (χ1v) is 11.7. The molecule has 0 bridgehead atoms. The SMILES string of the molecule is COc1ccc2[nH]cc(CCN3C(=O)C(=O)C(=C(O)c4ccc([N+](=O)[O-])cc4)[C@H]3c3cccc(O)c3)c2c1. The van der Waals surface area contributed by atoms with Crippen LogP contribution in [0.3, 0.4) is 0 Å². The number of Topliss-reactive ketones (excluding diaryl/α,β-unsaturated/α-hetero) is 1. The number of nitro benzene ring substituents is 1. The number of non-ortho nitro benzene ring substituents is 1. The standard InChI is InChI=1S/C28H23N3O7/c1-38-21-9-10-23-22(14-21)18(15-29-23)11-12-30-25(17-3-2-4-20(32)13-17)24(27(34)28(30)35)26(33)16-5-7-19(8-6-16)31(36)37/h2-10,13-15,25,29,32-33H,11-12H2,1H3/t25-/m1/s1. The Morgan fingerprint density at radius 1 is 1.11 bits per heavy atom. The molecule has 0 spiro atoms. The van der Waals surface area contributed by atoms with Gasteiger partial charge in [-0.15, -0.1) is 0 Å². The van der Waals surface area contributed by atoms with E-state index < -0.39 is 28.4 Å². The van der Waals surface area contributed by atoms with Gasteiger partial charge in [-0.3, -0.25) is 19.7 Å². The summed E-state index contributed by atoms with van der Waals surface area (Å²) in [6, 6.07) is 15.8. The number of phenols is 1. The Bertz CT molecular complexity index is 1600. The van der Waals surface area contributed by atoms with Gasteiger partial charge in [-0.25, -0.2) is 0 Å². The highest BCUT2D eigenvalue weighted by Gasteiger charge is 2.46. The second-order valence-electron chi connectivity index (χ2n) is 8.87. The van der Waals surface area contributed by atoms with Gasteiger partial charge in [-0.2, -0.15) is 0 Å². The topological polar surface area (TPSA) is 146 Å². The number of carbonyl (C=O) groups is 2. The molecule has 5 rings (SSSR count). The molecule has 3 aromatic carbocycles. The van der Waals surface area contributed by atoms with E-state index in [1.165, 1.54) is 41.3 Å². The van der Waals surface area contributed by atoms with Crippen LogP contribution in [-0.4, -0.2) is 50.4 Å². The monoisotopic (exact) mass is 513 g/mol. The lowest BCUT2D eigenvalue weighted by molar-refractivity contribution is -0.384. The number of ether oxygens (including phenoxy) is 1. The average Bonchev–Trinajstić information content (AvgIpc) is 3.44. The number of nitro groups is 1. The average molecular weight is 514 g/mol. The van der Waals surface area contributed by atoms with Gasteiger partial charge >= 0.3 is 0 Å². The molecule has 4 aromatic rings. The van der Waals surface area contributed by atoms with Crippen molar-refractivity contribution in [2.45, 2.75) is 12.5 Å². The highest BCUT2D eigenvalue weighted by atomic mass is 16.6. The van der Waals surface area contributed by atoms with Crippen LogP contribution in [0.2, 0.25) is 0 Å². The number of H-pyrrole nitrogens is 1. The summed E-state index contributed by atoms with van der Waals surface area (Å²) in [6.45, 7) is 0.145. The number of aromatic amines is 1. The van der Waals surface area contributed by atoms with Gasteiger partial charge in [0.25, 0.3) is 17.4 Å². The molecule has 0 radical (unpaired) electrons. The molecule has 1 amide bonds. The number of nitrogens with one attached hydrogen (secondary N) is 1. The minimum absolute atomic E-state index is 0.0628. The van der Waals surface area contributed by atoms with Crippen molar-refractivity contribution in [1.29, 1.82) is 0 Å². The van der Waals surface area contributed by atoms with Crippen LogP contribution in [0.25, 0.3) is 16.7 Å². The number of rotatable bonds is 7. The summed E-state index contributed by atoms with van der Waals surface area (Å²) in [4.78, 5) is 41.5. The summed E-state index contributed by atoms with van der Waals surface area (Å²) in [7, 11) is 1.58. The van der Waals surface area contributed by atoms with Crippen LogP contribution in [0, 0.1) is 10.1 Å². The van der Waals surface area contributed by atoms with E-state index >= 15 is 0 Å². The van der Waals surface area contributed by atoms with Crippen molar-refractivity contribution in [3.05, 3.63) is 105 Å². The molecular formula is C28H23N3O7. The zero-order valence-electron chi connectivity index (χ0n) is 20.2. The zero-order chi connectivity index (χ0) is 27.0. The van der Waals surface area contributed by atoms with Crippen molar-refractivity contribution in [2.24, 2.45) is 0 Å². The molecular weight excluding hydrogens is 490 g/mol. The summed E-state index contributed by atoms with van der Waals surface area (Å²) in [5, 5.41) is 33.2. The third-order valence-corrected chi connectivity index (χ3v) is 6.67. The van der Waals surface area contributed by atoms with Crippen LogP contribution < -0.4 is 4.74 Å².